The van der Waals surface area contributed by atoms with Crippen molar-refractivity contribution in [1.82, 2.24) is 0 Å². The third-order valence-electron chi connectivity index (χ3n) is 2.42. The van der Waals surface area contributed by atoms with Crippen LogP contribution < -0.4 is 4.74 Å². The molecule has 0 spiro atoms. The van der Waals surface area contributed by atoms with Gasteiger partial charge in [-0.1, -0.05) is 18.5 Å². The molecule has 0 amide bonds. The van der Waals surface area contributed by atoms with Gasteiger partial charge >= 0.3 is 0 Å². The van der Waals surface area contributed by atoms with E-state index in [4.69, 9.17) is 27.0 Å². The van der Waals surface area contributed by atoms with Crippen LogP contribution in [0.2, 0.25) is 5.02 Å². The molecular weight excluding hydrogens is 295 g/mol. The van der Waals surface area contributed by atoms with Crippen molar-refractivity contribution < 1.29 is 13.2 Å². The average Bonchev–Trinajstić information content (AvgIpc) is 2.12. The first-order chi connectivity index (χ1) is 8.19. The molecule has 0 heterocycles. The van der Waals surface area contributed by atoms with Gasteiger partial charge in [0.1, 0.15) is 5.75 Å². The standard InChI is InChI=1S/C12H16Cl2O3S/c1-8(7-18(14,15)16)6-17-12-9(2)4-11(13)5-10(12)3/h4-5,8H,6-7H2,1-3H3. The molecule has 0 aliphatic heterocycles. The topological polar surface area (TPSA) is 43.4 Å². The summed E-state index contributed by atoms with van der Waals surface area (Å²) in [5.41, 5.74) is 1.86. The summed E-state index contributed by atoms with van der Waals surface area (Å²) in [4.78, 5) is 0. The Hall–Kier alpha value is -0.450. The van der Waals surface area contributed by atoms with E-state index in [9.17, 15) is 8.42 Å². The summed E-state index contributed by atoms with van der Waals surface area (Å²) in [6.07, 6.45) is 0. The third kappa shape index (κ3) is 5.04. The second-order valence-electron chi connectivity index (χ2n) is 4.49. The van der Waals surface area contributed by atoms with Crippen LogP contribution in [-0.4, -0.2) is 20.8 Å². The first-order valence-corrected chi connectivity index (χ1v) is 8.36. The van der Waals surface area contributed by atoms with Gasteiger partial charge in [-0.2, -0.15) is 0 Å². The molecule has 1 aromatic rings. The molecule has 0 aromatic heterocycles. The normalized spacial score (nSPS) is 13.4. The molecular formula is C12H16Cl2O3S. The molecule has 0 bridgehead atoms. The predicted octanol–water partition coefficient (Wildman–Crippen LogP) is 3.54. The van der Waals surface area contributed by atoms with E-state index in [0.29, 0.717) is 11.6 Å². The number of hydrogen-bond acceptors (Lipinski definition) is 3. The lowest BCUT2D eigenvalue weighted by atomic mass is 10.1. The molecule has 0 aliphatic carbocycles. The van der Waals surface area contributed by atoms with Crippen LogP contribution >= 0.6 is 22.3 Å². The van der Waals surface area contributed by atoms with Gasteiger partial charge in [0.2, 0.25) is 9.05 Å². The molecule has 18 heavy (non-hydrogen) atoms. The molecule has 0 saturated heterocycles. The minimum Gasteiger partial charge on any atom is -0.493 e. The summed E-state index contributed by atoms with van der Waals surface area (Å²) in [7, 11) is 1.71. The molecule has 1 aromatic carbocycles. The number of ether oxygens (including phenoxy) is 1. The zero-order valence-electron chi connectivity index (χ0n) is 10.5. The van der Waals surface area contributed by atoms with Crippen molar-refractivity contribution in [3.63, 3.8) is 0 Å². The molecule has 3 nitrogen and oxygen atoms in total. The minimum absolute atomic E-state index is 0.0970. The first-order valence-electron chi connectivity index (χ1n) is 5.51. The maximum Gasteiger partial charge on any atom is 0.232 e. The van der Waals surface area contributed by atoms with Gasteiger partial charge in [-0.25, -0.2) is 8.42 Å². The highest BCUT2D eigenvalue weighted by Crippen LogP contribution is 2.27. The Labute approximate surface area is 117 Å². The molecule has 0 fully saturated rings. The Bertz CT molecular complexity index is 503. The van der Waals surface area contributed by atoms with Crippen molar-refractivity contribution in [3.8, 4) is 5.75 Å². The summed E-state index contributed by atoms with van der Waals surface area (Å²) in [5.74, 6) is 0.487. The second kappa shape index (κ2) is 6.13. The summed E-state index contributed by atoms with van der Waals surface area (Å²) in [6, 6.07) is 3.62. The highest BCUT2D eigenvalue weighted by Gasteiger charge is 2.14. The van der Waals surface area contributed by atoms with E-state index in [0.717, 1.165) is 16.9 Å². The summed E-state index contributed by atoms with van der Waals surface area (Å²) < 4.78 is 27.5. The third-order valence-corrected chi connectivity index (χ3v) is 3.98. The number of halogens is 2. The monoisotopic (exact) mass is 310 g/mol. The largest absolute Gasteiger partial charge is 0.493 e. The Kier molecular flexibility index (Phi) is 5.32. The molecule has 1 atom stereocenters. The van der Waals surface area contributed by atoms with E-state index in [1.807, 2.05) is 26.0 Å². The minimum atomic E-state index is -3.48. The van der Waals surface area contributed by atoms with Crippen LogP contribution in [0.15, 0.2) is 12.1 Å². The predicted molar refractivity (Wildman–Crippen MR) is 75.2 cm³/mol. The van der Waals surface area contributed by atoms with Crippen LogP contribution in [0.25, 0.3) is 0 Å². The van der Waals surface area contributed by atoms with Gasteiger partial charge in [-0.15, -0.1) is 0 Å². The van der Waals surface area contributed by atoms with Crippen molar-refractivity contribution in [2.75, 3.05) is 12.4 Å². The number of benzene rings is 1. The van der Waals surface area contributed by atoms with Gasteiger partial charge in [-0.3, -0.25) is 0 Å². The van der Waals surface area contributed by atoms with E-state index in [2.05, 4.69) is 0 Å². The van der Waals surface area contributed by atoms with Gasteiger partial charge < -0.3 is 4.74 Å². The Morgan fingerprint density at radius 2 is 1.78 bits per heavy atom. The maximum absolute atomic E-state index is 10.9. The summed E-state index contributed by atoms with van der Waals surface area (Å²) in [6.45, 7) is 5.88. The van der Waals surface area contributed by atoms with Crippen molar-refractivity contribution in [3.05, 3.63) is 28.3 Å². The van der Waals surface area contributed by atoms with Gasteiger partial charge in [0.25, 0.3) is 0 Å². The lowest BCUT2D eigenvalue weighted by Gasteiger charge is -2.15. The van der Waals surface area contributed by atoms with Crippen LogP contribution in [0.3, 0.4) is 0 Å². The van der Waals surface area contributed by atoms with E-state index in [1.54, 1.807) is 6.92 Å². The lowest BCUT2D eigenvalue weighted by Crippen LogP contribution is -2.17. The van der Waals surface area contributed by atoms with E-state index >= 15 is 0 Å². The van der Waals surface area contributed by atoms with Gasteiger partial charge in [0, 0.05) is 21.6 Å². The molecule has 1 unspecified atom stereocenters. The van der Waals surface area contributed by atoms with Crippen LogP contribution in [0.1, 0.15) is 18.1 Å². The zero-order valence-corrected chi connectivity index (χ0v) is 12.9. The maximum atomic E-state index is 10.9. The average molecular weight is 311 g/mol. The quantitative estimate of drug-likeness (QED) is 0.781. The molecule has 6 heteroatoms. The fraction of sp³-hybridized carbons (Fsp3) is 0.500. The van der Waals surface area contributed by atoms with Crippen LogP contribution in [0.5, 0.6) is 5.75 Å². The lowest BCUT2D eigenvalue weighted by molar-refractivity contribution is 0.269. The van der Waals surface area contributed by atoms with Crippen LogP contribution in [0.4, 0.5) is 0 Å². The molecule has 102 valence electrons. The molecule has 0 aliphatic rings. The van der Waals surface area contributed by atoms with Crippen molar-refractivity contribution >= 4 is 31.3 Å². The number of hydrogen-bond donors (Lipinski definition) is 0. The Balaban J connectivity index is 2.70. The first kappa shape index (κ1) is 15.6. The SMILES string of the molecule is Cc1cc(Cl)cc(C)c1OCC(C)CS(=O)(=O)Cl. The Morgan fingerprint density at radius 3 is 2.22 bits per heavy atom. The molecule has 0 N–H and O–H groups in total. The van der Waals surface area contributed by atoms with Crippen molar-refractivity contribution in [2.45, 2.75) is 20.8 Å². The highest BCUT2D eigenvalue weighted by atomic mass is 35.7. The number of aryl methyl sites for hydroxylation is 2. The summed E-state index contributed by atoms with van der Waals surface area (Å²) >= 11 is 5.92. The zero-order chi connectivity index (χ0) is 13.9. The van der Waals surface area contributed by atoms with Crippen LogP contribution in [-0.2, 0) is 9.05 Å². The van der Waals surface area contributed by atoms with Gasteiger partial charge in [-0.05, 0) is 37.1 Å². The molecule has 1 rings (SSSR count). The molecule has 0 saturated carbocycles. The van der Waals surface area contributed by atoms with E-state index in [1.165, 1.54) is 0 Å². The van der Waals surface area contributed by atoms with Crippen molar-refractivity contribution in [1.29, 1.82) is 0 Å². The smallest absolute Gasteiger partial charge is 0.232 e. The van der Waals surface area contributed by atoms with E-state index < -0.39 is 9.05 Å². The van der Waals surface area contributed by atoms with Gasteiger partial charge in [0.15, 0.2) is 0 Å². The van der Waals surface area contributed by atoms with E-state index in [-0.39, 0.29) is 11.7 Å². The fourth-order valence-corrected chi connectivity index (χ4v) is 3.49. The van der Waals surface area contributed by atoms with Gasteiger partial charge in [0.05, 0.1) is 12.4 Å². The van der Waals surface area contributed by atoms with Crippen molar-refractivity contribution in [2.24, 2.45) is 5.92 Å². The fourth-order valence-electron chi connectivity index (χ4n) is 1.74. The second-order valence-corrected chi connectivity index (χ2v) is 7.75. The number of rotatable bonds is 5. The Morgan fingerprint density at radius 1 is 1.28 bits per heavy atom. The van der Waals surface area contributed by atoms with Crippen LogP contribution in [0, 0.1) is 19.8 Å². The molecule has 0 radical (unpaired) electrons. The highest BCUT2D eigenvalue weighted by molar-refractivity contribution is 8.13. The summed E-state index contributed by atoms with van der Waals surface area (Å²) in [5, 5.41) is 0.661.